The van der Waals surface area contributed by atoms with E-state index in [0.29, 0.717) is 0 Å². The van der Waals surface area contributed by atoms with E-state index in [0.717, 1.165) is 51.8 Å². The number of nitrogens with zero attached hydrogens (tertiary/aromatic N) is 2. The summed E-state index contributed by atoms with van der Waals surface area (Å²) in [5.74, 6) is 0. The summed E-state index contributed by atoms with van der Waals surface area (Å²) >= 11 is 14.6. The lowest BCUT2D eigenvalue weighted by Gasteiger charge is -2.08. The van der Waals surface area contributed by atoms with Gasteiger partial charge in [-0.15, -0.1) is 0 Å². The average molecular weight is 648 g/mol. The Bertz CT molecular complexity index is 1250. The highest BCUT2D eigenvalue weighted by atomic mass is 79.9. The summed E-state index contributed by atoms with van der Waals surface area (Å²) in [6.07, 6.45) is 0. The van der Waals surface area contributed by atoms with Gasteiger partial charge in [0.25, 0.3) is 0 Å². The SMILES string of the molecule is Brc1cccc(Br)c1/N=C1/C(=N/c2c(Br)cccc2Br)c2cccc3cccc1c23. The third kappa shape index (κ3) is 3.44. The van der Waals surface area contributed by atoms with Crippen molar-refractivity contribution in [3.8, 4) is 0 Å². The van der Waals surface area contributed by atoms with E-state index in [1.54, 1.807) is 0 Å². The van der Waals surface area contributed by atoms with Gasteiger partial charge in [-0.05, 0) is 93.4 Å². The predicted molar refractivity (Wildman–Crippen MR) is 140 cm³/mol. The molecule has 2 nitrogen and oxygen atoms in total. The highest BCUT2D eigenvalue weighted by Crippen LogP contribution is 2.40. The van der Waals surface area contributed by atoms with Crippen LogP contribution in [0.2, 0.25) is 0 Å². The van der Waals surface area contributed by atoms with Gasteiger partial charge in [0.2, 0.25) is 0 Å². The highest BCUT2D eigenvalue weighted by Gasteiger charge is 2.28. The summed E-state index contributed by atoms with van der Waals surface area (Å²) in [7, 11) is 0. The van der Waals surface area contributed by atoms with Gasteiger partial charge in [0.05, 0.1) is 22.8 Å². The van der Waals surface area contributed by atoms with Crippen molar-refractivity contribution >= 4 is 97.3 Å². The van der Waals surface area contributed by atoms with E-state index in [-0.39, 0.29) is 0 Å². The maximum absolute atomic E-state index is 5.10. The molecule has 0 fully saturated rings. The predicted octanol–water partition coefficient (Wildman–Crippen LogP) is 9.14. The van der Waals surface area contributed by atoms with Crippen molar-refractivity contribution in [2.45, 2.75) is 0 Å². The van der Waals surface area contributed by atoms with Crippen LogP contribution in [0.3, 0.4) is 0 Å². The number of hydrogen-bond acceptors (Lipinski definition) is 2. The molecule has 5 rings (SSSR count). The fourth-order valence-electron chi connectivity index (χ4n) is 3.63. The molecule has 146 valence electrons. The molecule has 0 saturated heterocycles. The van der Waals surface area contributed by atoms with Crippen LogP contribution >= 0.6 is 63.7 Å². The van der Waals surface area contributed by atoms with Crippen LogP contribution in [0, 0.1) is 0 Å². The van der Waals surface area contributed by atoms with Crippen molar-refractivity contribution in [2.24, 2.45) is 9.98 Å². The molecule has 0 heterocycles. The van der Waals surface area contributed by atoms with Crippen LogP contribution in [-0.4, -0.2) is 11.4 Å². The van der Waals surface area contributed by atoms with Crippen molar-refractivity contribution in [2.75, 3.05) is 0 Å². The van der Waals surface area contributed by atoms with E-state index in [2.05, 4.69) is 100 Å². The van der Waals surface area contributed by atoms with Gasteiger partial charge in [0, 0.05) is 34.4 Å². The second-order valence-corrected chi connectivity index (χ2v) is 10.2. The Morgan fingerprint density at radius 1 is 0.467 bits per heavy atom. The maximum Gasteiger partial charge on any atom is 0.0979 e. The van der Waals surface area contributed by atoms with E-state index in [1.165, 1.54) is 10.8 Å². The topological polar surface area (TPSA) is 24.7 Å². The van der Waals surface area contributed by atoms with Crippen LogP contribution in [0.4, 0.5) is 11.4 Å². The molecule has 30 heavy (non-hydrogen) atoms. The molecule has 0 radical (unpaired) electrons. The quantitative estimate of drug-likeness (QED) is 0.207. The zero-order valence-corrected chi connectivity index (χ0v) is 21.7. The van der Waals surface area contributed by atoms with E-state index < -0.39 is 0 Å². The molecule has 4 aromatic rings. The first-order chi connectivity index (χ1) is 14.5. The Labute approximate surface area is 207 Å². The summed E-state index contributed by atoms with van der Waals surface area (Å²) in [5.41, 5.74) is 5.59. The molecular weight excluding hydrogens is 636 g/mol. The summed E-state index contributed by atoms with van der Waals surface area (Å²) in [6.45, 7) is 0. The second kappa shape index (κ2) is 8.15. The number of para-hydroxylation sites is 2. The normalized spacial score (nSPS) is 15.5. The summed E-state index contributed by atoms with van der Waals surface area (Å²) in [5, 5.41) is 2.36. The van der Waals surface area contributed by atoms with Crippen LogP contribution in [0.15, 0.2) is 101 Å². The Morgan fingerprint density at radius 2 is 0.833 bits per heavy atom. The van der Waals surface area contributed by atoms with Gasteiger partial charge >= 0.3 is 0 Å². The number of benzene rings is 4. The molecule has 0 aliphatic heterocycles. The first kappa shape index (κ1) is 20.3. The molecular formula is C24H12Br4N2. The summed E-state index contributed by atoms with van der Waals surface area (Å²) in [4.78, 5) is 10.2. The summed E-state index contributed by atoms with van der Waals surface area (Å²) < 4.78 is 3.70. The smallest absolute Gasteiger partial charge is 0.0979 e. The van der Waals surface area contributed by atoms with Crippen LogP contribution in [0.1, 0.15) is 11.1 Å². The van der Waals surface area contributed by atoms with E-state index >= 15 is 0 Å². The number of halogens is 4. The molecule has 1 aliphatic carbocycles. The number of hydrogen-bond donors (Lipinski definition) is 0. The van der Waals surface area contributed by atoms with E-state index in [1.807, 2.05) is 36.4 Å². The summed E-state index contributed by atoms with van der Waals surface area (Å²) in [6, 6.07) is 24.6. The fourth-order valence-corrected chi connectivity index (χ4v) is 5.98. The van der Waals surface area contributed by atoms with Crippen LogP contribution < -0.4 is 0 Å². The van der Waals surface area contributed by atoms with Crippen LogP contribution in [0.25, 0.3) is 10.8 Å². The van der Waals surface area contributed by atoms with Crippen LogP contribution in [0.5, 0.6) is 0 Å². The standard InChI is InChI=1S/C24H12Br4N2/c25-16-9-3-10-17(26)23(16)29-21-14-7-1-5-13-6-2-8-15(20(13)14)22(21)30-24-18(27)11-4-12-19(24)28/h1-12H/b29-21+,30-22+. The van der Waals surface area contributed by atoms with Crippen molar-refractivity contribution in [1.29, 1.82) is 0 Å². The zero-order chi connectivity index (χ0) is 20.8. The highest BCUT2D eigenvalue weighted by molar-refractivity contribution is 9.11. The Morgan fingerprint density at radius 3 is 1.23 bits per heavy atom. The minimum atomic E-state index is 0.844. The van der Waals surface area contributed by atoms with E-state index in [4.69, 9.17) is 9.98 Å². The first-order valence-corrected chi connectivity index (χ1v) is 12.3. The third-order valence-electron chi connectivity index (χ3n) is 4.96. The lowest BCUT2D eigenvalue weighted by atomic mass is 10.1. The molecule has 0 bridgehead atoms. The zero-order valence-electron chi connectivity index (χ0n) is 15.3. The largest absolute Gasteiger partial charge is 0.244 e. The number of rotatable bonds is 2. The van der Waals surface area contributed by atoms with Gasteiger partial charge in [-0.25, -0.2) is 9.98 Å². The third-order valence-corrected chi connectivity index (χ3v) is 7.52. The van der Waals surface area contributed by atoms with Crippen molar-refractivity contribution < 1.29 is 0 Å². The monoisotopic (exact) mass is 644 g/mol. The minimum Gasteiger partial charge on any atom is -0.244 e. The van der Waals surface area contributed by atoms with Crippen LogP contribution in [-0.2, 0) is 0 Å². The molecule has 1 aliphatic rings. The second-order valence-electron chi connectivity index (χ2n) is 6.77. The lowest BCUT2D eigenvalue weighted by Crippen LogP contribution is -2.10. The lowest BCUT2D eigenvalue weighted by molar-refractivity contribution is 1.44. The molecule has 6 heteroatoms. The van der Waals surface area contributed by atoms with E-state index in [9.17, 15) is 0 Å². The molecule has 0 atom stereocenters. The van der Waals surface area contributed by atoms with Crippen molar-refractivity contribution in [3.63, 3.8) is 0 Å². The average Bonchev–Trinajstić information content (AvgIpc) is 3.02. The van der Waals surface area contributed by atoms with Gasteiger partial charge < -0.3 is 0 Å². The van der Waals surface area contributed by atoms with Gasteiger partial charge in [-0.3, -0.25) is 0 Å². The molecule has 0 spiro atoms. The van der Waals surface area contributed by atoms with Gasteiger partial charge in [0.15, 0.2) is 0 Å². The molecule has 0 saturated carbocycles. The molecule has 0 unspecified atom stereocenters. The molecule has 0 N–H and O–H groups in total. The fraction of sp³-hybridized carbons (Fsp3) is 0. The Kier molecular flexibility index (Phi) is 5.52. The Hall–Kier alpha value is -1.60. The molecule has 0 amide bonds. The number of aliphatic imine (C=N–C) groups is 2. The van der Waals surface area contributed by atoms with Crippen molar-refractivity contribution in [1.82, 2.24) is 0 Å². The Balaban J connectivity index is 1.85. The minimum absolute atomic E-state index is 0.844. The van der Waals surface area contributed by atoms with Crippen molar-refractivity contribution in [3.05, 3.63) is 102 Å². The first-order valence-electron chi connectivity index (χ1n) is 9.13. The van der Waals surface area contributed by atoms with Gasteiger partial charge in [-0.2, -0.15) is 0 Å². The van der Waals surface area contributed by atoms with Gasteiger partial charge in [-0.1, -0.05) is 48.5 Å². The molecule has 4 aromatic carbocycles. The molecule has 0 aromatic heterocycles. The van der Waals surface area contributed by atoms with Gasteiger partial charge in [0.1, 0.15) is 0 Å². The maximum atomic E-state index is 5.10.